The van der Waals surface area contributed by atoms with Crippen molar-refractivity contribution in [3.05, 3.63) is 11.5 Å². The summed E-state index contributed by atoms with van der Waals surface area (Å²) in [6.07, 6.45) is 4.35. The molecular weight excluding hydrogens is 208 g/mol. The van der Waals surface area contributed by atoms with Gasteiger partial charge >= 0.3 is 5.97 Å². The third-order valence-corrected chi connectivity index (χ3v) is 2.82. The van der Waals surface area contributed by atoms with E-state index in [1.807, 2.05) is 0 Å². The molecule has 1 aromatic rings. The number of rotatable bonds is 4. The maximum atomic E-state index is 10.5. The molecule has 0 spiro atoms. The zero-order valence-electron chi connectivity index (χ0n) is 9.40. The molecule has 1 heterocycles. The quantitative estimate of drug-likeness (QED) is 0.838. The van der Waals surface area contributed by atoms with Crippen LogP contribution in [0.5, 0.6) is 0 Å². The summed E-state index contributed by atoms with van der Waals surface area (Å²) in [6, 6.07) is 0.549. The zero-order chi connectivity index (χ0) is 11.5. The van der Waals surface area contributed by atoms with Crippen LogP contribution in [0, 0.1) is 0 Å². The Morgan fingerprint density at radius 3 is 2.94 bits per heavy atom. The van der Waals surface area contributed by atoms with Gasteiger partial charge in [-0.25, -0.2) is 0 Å². The number of carboxylic acids is 1. The Morgan fingerprint density at radius 2 is 2.25 bits per heavy atom. The summed E-state index contributed by atoms with van der Waals surface area (Å²) in [5.41, 5.74) is 1.04. The number of carbonyl (C=O) groups is 1. The molecule has 1 aliphatic carbocycles. The number of hydrogen-bond acceptors (Lipinski definition) is 4. The highest BCUT2D eigenvalue weighted by atomic mass is 16.4. The molecule has 0 aliphatic heterocycles. The molecule has 5 heteroatoms. The number of aryl methyl sites for hydroxylation is 2. The van der Waals surface area contributed by atoms with Gasteiger partial charge in [-0.3, -0.25) is 4.79 Å². The highest BCUT2D eigenvalue weighted by Gasteiger charge is 2.18. The number of aliphatic carboxylic acids is 1. The third kappa shape index (κ3) is 2.35. The van der Waals surface area contributed by atoms with Crippen molar-refractivity contribution in [1.82, 2.24) is 4.98 Å². The van der Waals surface area contributed by atoms with E-state index in [9.17, 15) is 4.79 Å². The normalized spacial score (nSPS) is 14.6. The Labute approximate surface area is 94.1 Å². The second kappa shape index (κ2) is 4.55. The van der Waals surface area contributed by atoms with Crippen LogP contribution in [0.25, 0.3) is 0 Å². The summed E-state index contributed by atoms with van der Waals surface area (Å²) in [6.45, 7) is 0.425. The van der Waals surface area contributed by atoms with Crippen molar-refractivity contribution in [3.63, 3.8) is 0 Å². The summed E-state index contributed by atoms with van der Waals surface area (Å²) >= 11 is 0. The van der Waals surface area contributed by atoms with Crippen LogP contribution in [-0.2, 0) is 17.6 Å². The first kappa shape index (κ1) is 11.0. The van der Waals surface area contributed by atoms with Crippen LogP contribution in [-0.4, -0.2) is 29.7 Å². The van der Waals surface area contributed by atoms with Crippen LogP contribution in [0.15, 0.2) is 4.42 Å². The van der Waals surface area contributed by atoms with Gasteiger partial charge in [-0.1, -0.05) is 0 Å². The van der Waals surface area contributed by atoms with Crippen LogP contribution in [0.1, 0.15) is 30.7 Å². The van der Waals surface area contributed by atoms with Gasteiger partial charge in [0.05, 0.1) is 12.1 Å². The van der Waals surface area contributed by atoms with Crippen LogP contribution < -0.4 is 4.90 Å². The van der Waals surface area contributed by atoms with Gasteiger partial charge in [-0.15, -0.1) is 0 Å². The van der Waals surface area contributed by atoms with Crippen molar-refractivity contribution >= 4 is 12.0 Å². The van der Waals surface area contributed by atoms with Gasteiger partial charge in [0.2, 0.25) is 0 Å². The zero-order valence-corrected chi connectivity index (χ0v) is 9.40. The molecule has 88 valence electrons. The van der Waals surface area contributed by atoms with Crippen molar-refractivity contribution in [2.45, 2.75) is 32.1 Å². The SMILES string of the molecule is CN(CCC(=O)O)c1nc2c(o1)CCCC2. The van der Waals surface area contributed by atoms with Crippen LogP contribution in [0.2, 0.25) is 0 Å². The topological polar surface area (TPSA) is 66.6 Å². The number of fused-ring (bicyclic) bond motifs is 1. The van der Waals surface area contributed by atoms with Gasteiger partial charge in [-0.05, 0) is 19.3 Å². The van der Waals surface area contributed by atoms with E-state index in [-0.39, 0.29) is 6.42 Å². The molecule has 0 saturated heterocycles. The first-order valence-corrected chi connectivity index (χ1v) is 5.58. The highest BCUT2D eigenvalue weighted by molar-refractivity contribution is 5.67. The molecular formula is C11H16N2O3. The lowest BCUT2D eigenvalue weighted by atomic mass is 10.0. The molecule has 5 nitrogen and oxygen atoms in total. The predicted octanol–water partition coefficient (Wildman–Crippen LogP) is 1.46. The first-order valence-electron chi connectivity index (χ1n) is 5.58. The third-order valence-electron chi connectivity index (χ3n) is 2.82. The Hall–Kier alpha value is -1.52. The van der Waals surface area contributed by atoms with E-state index in [1.165, 1.54) is 0 Å². The lowest BCUT2D eigenvalue weighted by Gasteiger charge is -2.12. The fraction of sp³-hybridized carbons (Fsp3) is 0.636. The monoisotopic (exact) mass is 224 g/mol. The number of carboxylic acid groups (broad SMARTS) is 1. The van der Waals surface area contributed by atoms with Crippen molar-refractivity contribution in [3.8, 4) is 0 Å². The Kier molecular flexibility index (Phi) is 3.12. The number of hydrogen-bond donors (Lipinski definition) is 1. The van der Waals surface area contributed by atoms with Crippen LogP contribution in [0.4, 0.5) is 6.01 Å². The predicted molar refractivity (Wildman–Crippen MR) is 58.7 cm³/mol. The maximum Gasteiger partial charge on any atom is 0.305 e. The Balaban J connectivity index is 2.03. The fourth-order valence-corrected chi connectivity index (χ4v) is 1.86. The molecule has 0 amide bonds. The van der Waals surface area contributed by atoms with Crippen molar-refractivity contribution in [2.75, 3.05) is 18.5 Å². The largest absolute Gasteiger partial charge is 0.481 e. The molecule has 0 aromatic carbocycles. The molecule has 0 bridgehead atoms. The molecule has 0 radical (unpaired) electrons. The van der Waals surface area contributed by atoms with E-state index in [4.69, 9.17) is 9.52 Å². The Bertz CT molecular complexity index is 363. The molecule has 2 rings (SSSR count). The molecule has 0 fully saturated rings. The summed E-state index contributed by atoms with van der Waals surface area (Å²) < 4.78 is 5.62. The van der Waals surface area contributed by atoms with Gasteiger partial charge in [0.1, 0.15) is 5.76 Å². The summed E-state index contributed by atoms with van der Waals surface area (Å²) in [7, 11) is 1.81. The number of nitrogens with zero attached hydrogens (tertiary/aromatic N) is 2. The molecule has 0 atom stereocenters. The van der Waals surface area contributed by atoms with E-state index < -0.39 is 5.97 Å². The van der Waals surface area contributed by atoms with E-state index >= 15 is 0 Å². The van der Waals surface area contributed by atoms with Gasteiger partial charge in [0, 0.05) is 20.0 Å². The lowest BCUT2D eigenvalue weighted by Crippen LogP contribution is -2.21. The minimum atomic E-state index is -0.803. The molecule has 16 heavy (non-hydrogen) atoms. The van der Waals surface area contributed by atoms with Gasteiger partial charge in [0.25, 0.3) is 6.01 Å². The highest BCUT2D eigenvalue weighted by Crippen LogP contribution is 2.25. The van der Waals surface area contributed by atoms with Gasteiger partial charge in [0.15, 0.2) is 0 Å². The standard InChI is InChI=1S/C11H16N2O3/c1-13(7-6-10(14)15)11-12-8-4-2-3-5-9(8)16-11/h2-7H2,1H3,(H,14,15). The Morgan fingerprint density at radius 1 is 1.50 bits per heavy atom. The number of aromatic nitrogens is 1. The number of oxazole rings is 1. The van der Waals surface area contributed by atoms with E-state index in [2.05, 4.69) is 4.98 Å². The molecule has 0 unspecified atom stereocenters. The van der Waals surface area contributed by atoms with Gasteiger partial charge in [-0.2, -0.15) is 4.98 Å². The molecule has 1 aliphatic rings. The minimum Gasteiger partial charge on any atom is -0.481 e. The van der Waals surface area contributed by atoms with Crippen molar-refractivity contribution in [2.24, 2.45) is 0 Å². The van der Waals surface area contributed by atoms with E-state index in [1.54, 1.807) is 11.9 Å². The summed E-state index contributed by atoms with van der Waals surface area (Å²) in [5.74, 6) is 0.173. The smallest absolute Gasteiger partial charge is 0.305 e. The minimum absolute atomic E-state index is 0.101. The summed E-state index contributed by atoms with van der Waals surface area (Å²) in [5, 5.41) is 8.59. The van der Waals surface area contributed by atoms with Crippen LogP contribution >= 0.6 is 0 Å². The molecule has 1 N–H and O–H groups in total. The molecule has 0 saturated carbocycles. The second-order valence-electron chi connectivity index (χ2n) is 4.14. The fourth-order valence-electron chi connectivity index (χ4n) is 1.86. The van der Waals surface area contributed by atoms with Crippen molar-refractivity contribution < 1.29 is 14.3 Å². The average molecular weight is 224 g/mol. The number of anilines is 1. The first-order chi connectivity index (χ1) is 7.66. The van der Waals surface area contributed by atoms with Crippen LogP contribution in [0.3, 0.4) is 0 Å². The molecule has 1 aromatic heterocycles. The lowest BCUT2D eigenvalue weighted by molar-refractivity contribution is -0.136. The summed E-state index contributed by atoms with van der Waals surface area (Å²) in [4.78, 5) is 16.6. The van der Waals surface area contributed by atoms with Gasteiger partial charge < -0.3 is 14.4 Å². The maximum absolute atomic E-state index is 10.5. The van der Waals surface area contributed by atoms with E-state index in [0.717, 1.165) is 37.1 Å². The average Bonchev–Trinajstić information content (AvgIpc) is 2.69. The van der Waals surface area contributed by atoms with Crippen molar-refractivity contribution in [1.29, 1.82) is 0 Å². The second-order valence-corrected chi connectivity index (χ2v) is 4.14. The van der Waals surface area contributed by atoms with E-state index in [0.29, 0.717) is 12.6 Å².